The van der Waals surface area contributed by atoms with Crippen molar-refractivity contribution in [1.82, 2.24) is 5.32 Å². The second-order valence-corrected chi connectivity index (χ2v) is 5.18. The van der Waals surface area contributed by atoms with E-state index in [9.17, 15) is 9.59 Å². The van der Waals surface area contributed by atoms with E-state index in [0.29, 0.717) is 18.7 Å². The van der Waals surface area contributed by atoms with E-state index in [1.54, 1.807) is 12.1 Å². The van der Waals surface area contributed by atoms with E-state index >= 15 is 0 Å². The lowest BCUT2D eigenvalue weighted by atomic mass is 10.1. The fourth-order valence-corrected chi connectivity index (χ4v) is 2.26. The van der Waals surface area contributed by atoms with Gasteiger partial charge in [0.25, 0.3) is 5.91 Å². The molecule has 6 nitrogen and oxygen atoms in total. The molecule has 0 bridgehead atoms. The summed E-state index contributed by atoms with van der Waals surface area (Å²) in [6.07, 6.45) is 2.83. The molecule has 1 amide bonds. The lowest BCUT2D eigenvalue weighted by Crippen LogP contribution is -2.27. The number of rotatable bonds is 7. The Morgan fingerprint density at radius 1 is 1.27 bits per heavy atom. The fourth-order valence-electron chi connectivity index (χ4n) is 2.26. The van der Waals surface area contributed by atoms with Gasteiger partial charge in [0.2, 0.25) is 0 Å². The van der Waals surface area contributed by atoms with Gasteiger partial charge in [-0.1, -0.05) is 6.07 Å². The molecule has 2 rings (SSSR count). The number of benzene rings is 1. The van der Waals surface area contributed by atoms with Crippen molar-refractivity contribution < 1.29 is 24.2 Å². The zero-order valence-corrected chi connectivity index (χ0v) is 12.4. The van der Waals surface area contributed by atoms with Crippen LogP contribution in [0.3, 0.4) is 0 Å². The first kappa shape index (κ1) is 16.5. The molecule has 22 heavy (non-hydrogen) atoms. The highest BCUT2D eigenvalue weighted by Gasteiger charge is 2.13. The average Bonchev–Trinajstić information content (AvgIpc) is 2.55. The smallest absolute Gasteiger partial charge is 0.335 e. The monoisotopic (exact) mass is 307 g/mol. The van der Waals surface area contributed by atoms with Gasteiger partial charge in [-0.05, 0) is 37.5 Å². The maximum absolute atomic E-state index is 11.9. The molecule has 1 aromatic carbocycles. The van der Waals surface area contributed by atoms with E-state index in [0.717, 1.165) is 32.5 Å². The molecule has 0 radical (unpaired) electrons. The quantitative estimate of drug-likeness (QED) is 0.749. The van der Waals surface area contributed by atoms with E-state index in [2.05, 4.69) is 5.32 Å². The van der Waals surface area contributed by atoms with E-state index in [4.69, 9.17) is 14.6 Å². The van der Waals surface area contributed by atoms with Crippen molar-refractivity contribution in [1.29, 1.82) is 0 Å². The first-order valence-electron chi connectivity index (χ1n) is 7.47. The Labute approximate surface area is 129 Å². The molecule has 1 aliphatic rings. The summed E-state index contributed by atoms with van der Waals surface area (Å²) in [4.78, 5) is 22.8. The number of amides is 1. The van der Waals surface area contributed by atoms with Crippen LogP contribution < -0.4 is 5.32 Å². The molecule has 1 aromatic rings. The summed E-state index contributed by atoms with van der Waals surface area (Å²) in [6.45, 7) is 2.60. The summed E-state index contributed by atoms with van der Waals surface area (Å²) in [5.41, 5.74) is 0.459. The lowest BCUT2D eigenvalue weighted by Gasteiger charge is -2.22. The Morgan fingerprint density at radius 2 is 2.00 bits per heavy atom. The molecular formula is C16H21NO5. The minimum absolute atomic E-state index is 0.107. The Hall–Kier alpha value is -1.92. The van der Waals surface area contributed by atoms with Crippen molar-refractivity contribution in [3.05, 3.63) is 35.4 Å². The minimum Gasteiger partial charge on any atom is -0.478 e. The third-order valence-electron chi connectivity index (χ3n) is 3.50. The summed E-state index contributed by atoms with van der Waals surface area (Å²) in [5, 5.41) is 11.7. The Morgan fingerprint density at radius 3 is 2.73 bits per heavy atom. The van der Waals surface area contributed by atoms with Crippen LogP contribution in [0.15, 0.2) is 24.3 Å². The number of carboxylic acid groups (broad SMARTS) is 1. The van der Waals surface area contributed by atoms with Gasteiger partial charge in [0.05, 0.1) is 11.7 Å². The van der Waals surface area contributed by atoms with Gasteiger partial charge in [-0.2, -0.15) is 0 Å². The summed E-state index contributed by atoms with van der Waals surface area (Å²) < 4.78 is 11.0. The summed E-state index contributed by atoms with van der Waals surface area (Å²) >= 11 is 0. The predicted octanol–water partition coefficient (Wildman–Crippen LogP) is 1.70. The number of carbonyl (C=O) groups is 2. The Bertz CT molecular complexity index is 511. The molecule has 0 aromatic heterocycles. The number of hydrogen-bond donors (Lipinski definition) is 2. The first-order chi connectivity index (χ1) is 10.7. The van der Waals surface area contributed by atoms with E-state index in [1.807, 2.05) is 0 Å². The zero-order chi connectivity index (χ0) is 15.8. The molecule has 1 heterocycles. The van der Waals surface area contributed by atoms with Crippen LogP contribution in [0.4, 0.5) is 0 Å². The maximum atomic E-state index is 11.9. The van der Waals surface area contributed by atoms with Gasteiger partial charge < -0.3 is 19.9 Å². The van der Waals surface area contributed by atoms with Crippen molar-refractivity contribution in [2.24, 2.45) is 0 Å². The number of ether oxygens (including phenoxy) is 2. The van der Waals surface area contributed by atoms with E-state index in [-0.39, 0.29) is 17.6 Å². The van der Waals surface area contributed by atoms with Crippen LogP contribution in [-0.2, 0) is 9.47 Å². The number of hydrogen-bond acceptors (Lipinski definition) is 4. The van der Waals surface area contributed by atoms with Crippen molar-refractivity contribution >= 4 is 11.9 Å². The second-order valence-electron chi connectivity index (χ2n) is 5.18. The molecule has 120 valence electrons. The van der Waals surface area contributed by atoms with Gasteiger partial charge in [0, 0.05) is 31.9 Å². The molecule has 0 aliphatic carbocycles. The van der Waals surface area contributed by atoms with E-state index < -0.39 is 5.97 Å². The Kier molecular flexibility index (Phi) is 6.36. The lowest BCUT2D eigenvalue weighted by molar-refractivity contribution is -0.0321. The number of carbonyl (C=O) groups excluding carboxylic acids is 1. The van der Waals surface area contributed by atoms with Gasteiger partial charge in [0.1, 0.15) is 0 Å². The number of aromatic carboxylic acids is 1. The van der Waals surface area contributed by atoms with Gasteiger partial charge >= 0.3 is 5.97 Å². The van der Waals surface area contributed by atoms with Crippen molar-refractivity contribution in [3.63, 3.8) is 0 Å². The summed E-state index contributed by atoms with van der Waals surface area (Å²) in [6, 6.07) is 5.99. The fraction of sp³-hybridized carbons (Fsp3) is 0.500. The third kappa shape index (κ3) is 5.13. The number of carboxylic acids is 1. The number of nitrogens with one attached hydrogen (secondary N) is 1. The van der Waals surface area contributed by atoms with Crippen molar-refractivity contribution in [2.45, 2.75) is 25.4 Å². The van der Waals surface area contributed by atoms with E-state index in [1.165, 1.54) is 12.1 Å². The minimum atomic E-state index is -1.04. The molecular weight excluding hydrogens is 286 g/mol. The molecule has 2 N–H and O–H groups in total. The van der Waals surface area contributed by atoms with Gasteiger partial charge in [-0.25, -0.2) is 4.79 Å². The standard InChI is InChI=1S/C16H21NO5/c18-15(12-3-1-4-13(11-12)16(19)20)17-7-2-8-22-14-5-9-21-10-6-14/h1,3-4,11,14H,2,5-10H2,(H,17,18)(H,19,20). The maximum Gasteiger partial charge on any atom is 0.335 e. The molecule has 0 unspecified atom stereocenters. The topological polar surface area (TPSA) is 84.9 Å². The largest absolute Gasteiger partial charge is 0.478 e. The molecule has 1 aliphatic heterocycles. The second kappa shape index (κ2) is 8.51. The summed E-state index contributed by atoms with van der Waals surface area (Å²) in [7, 11) is 0. The molecule has 1 saturated heterocycles. The van der Waals surface area contributed by atoms with Gasteiger partial charge in [0.15, 0.2) is 0 Å². The van der Waals surface area contributed by atoms with Crippen LogP contribution in [0.1, 0.15) is 40.0 Å². The molecule has 0 spiro atoms. The van der Waals surface area contributed by atoms with Crippen molar-refractivity contribution in [2.75, 3.05) is 26.4 Å². The predicted molar refractivity (Wildman–Crippen MR) is 80.1 cm³/mol. The molecule has 0 saturated carbocycles. The molecule has 6 heteroatoms. The van der Waals surface area contributed by atoms with Crippen LogP contribution in [0.5, 0.6) is 0 Å². The third-order valence-corrected chi connectivity index (χ3v) is 3.50. The average molecular weight is 307 g/mol. The van der Waals surface area contributed by atoms with Crippen molar-refractivity contribution in [3.8, 4) is 0 Å². The van der Waals surface area contributed by atoms with Crippen LogP contribution in [0.2, 0.25) is 0 Å². The normalized spacial score (nSPS) is 15.5. The first-order valence-corrected chi connectivity index (χ1v) is 7.47. The van der Waals surface area contributed by atoms with Crippen LogP contribution >= 0.6 is 0 Å². The zero-order valence-electron chi connectivity index (χ0n) is 12.4. The molecule has 1 fully saturated rings. The van der Waals surface area contributed by atoms with Crippen LogP contribution in [0.25, 0.3) is 0 Å². The van der Waals surface area contributed by atoms with Gasteiger partial charge in [-0.15, -0.1) is 0 Å². The SMILES string of the molecule is O=C(O)c1cccc(C(=O)NCCCOC2CCOCC2)c1. The van der Waals surface area contributed by atoms with Crippen LogP contribution in [-0.4, -0.2) is 49.5 Å². The highest BCUT2D eigenvalue weighted by atomic mass is 16.5. The Balaban J connectivity index is 1.67. The molecule has 0 atom stereocenters. The summed E-state index contributed by atoms with van der Waals surface area (Å²) in [5.74, 6) is -1.31. The highest BCUT2D eigenvalue weighted by Crippen LogP contribution is 2.10. The highest BCUT2D eigenvalue weighted by molar-refractivity contribution is 5.97. The van der Waals surface area contributed by atoms with Crippen LogP contribution in [0, 0.1) is 0 Å². The van der Waals surface area contributed by atoms with Gasteiger partial charge in [-0.3, -0.25) is 4.79 Å².